The maximum Gasteiger partial charge on any atom is 0.391 e. The van der Waals surface area contributed by atoms with Crippen molar-refractivity contribution in [3.8, 4) is 5.75 Å². The zero-order valence-corrected chi connectivity index (χ0v) is 12.9. The summed E-state index contributed by atoms with van der Waals surface area (Å²) in [5, 5.41) is 9.49. The summed E-state index contributed by atoms with van der Waals surface area (Å²) in [4.78, 5) is 1.80. The van der Waals surface area contributed by atoms with E-state index in [2.05, 4.69) is 0 Å². The number of β-amino-alcohol motifs (C(OH)–C–C–N with tert-alkyl or cyclic N) is 1. The fraction of sp³-hybridized carbons (Fsp3) is 0.625. The molecule has 23 heavy (non-hydrogen) atoms. The molecule has 1 aromatic rings. The molecule has 0 aromatic heterocycles. The van der Waals surface area contributed by atoms with Gasteiger partial charge in [-0.25, -0.2) is 4.39 Å². The molecule has 0 saturated carbocycles. The lowest BCUT2D eigenvalue weighted by molar-refractivity contribution is -0.155. The van der Waals surface area contributed by atoms with Gasteiger partial charge in [0, 0.05) is 6.54 Å². The molecule has 1 aliphatic rings. The third-order valence-corrected chi connectivity index (χ3v) is 4.18. The lowest BCUT2D eigenvalue weighted by Crippen LogP contribution is -2.39. The number of alkyl halides is 3. The standard InChI is InChI=1S/C16H21F4NO2/c1-23-14-4-2-3-13(15(14)17)11-5-7-21(8-6-11)10-12(22)9-16(18,19)20/h2-4,11-12,22H,5-10H2,1H3. The summed E-state index contributed by atoms with van der Waals surface area (Å²) < 4.78 is 55.9. The number of nitrogens with zero attached hydrogens (tertiary/aromatic N) is 1. The second kappa shape index (κ2) is 7.49. The molecule has 0 spiro atoms. The van der Waals surface area contributed by atoms with E-state index < -0.39 is 18.7 Å². The minimum absolute atomic E-state index is 0.00712. The van der Waals surface area contributed by atoms with Crippen LogP contribution in [0.1, 0.15) is 30.7 Å². The van der Waals surface area contributed by atoms with Crippen LogP contribution in [0.5, 0.6) is 5.75 Å². The maximum atomic E-state index is 14.2. The van der Waals surface area contributed by atoms with Crippen molar-refractivity contribution in [3.05, 3.63) is 29.6 Å². The first-order valence-corrected chi connectivity index (χ1v) is 7.59. The molecule has 7 heteroatoms. The highest BCUT2D eigenvalue weighted by Crippen LogP contribution is 2.33. The molecule has 1 heterocycles. The van der Waals surface area contributed by atoms with E-state index in [1.54, 1.807) is 23.1 Å². The van der Waals surface area contributed by atoms with Gasteiger partial charge in [0.15, 0.2) is 11.6 Å². The number of hydrogen-bond donors (Lipinski definition) is 1. The molecule has 1 saturated heterocycles. The molecule has 1 fully saturated rings. The summed E-state index contributed by atoms with van der Waals surface area (Å²) in [5.41, 5.74) is 0.583. The molecule has 1 aromatic carbocycles. The van der Waals surface area contributed by atoms with Crippen molar-refractivity contribution in [1.82, 2.24) is 4.90 Å². The van der Waals surface area contributed by atoms with Crippen molar-refractivity contribution < 1.29 is 27.4 Å². The predicted molar refractivity (Wildman–Crippen MR) is 78.0 cm³/mol. The molecule has 0 bridgehead atoms. The molecule has 0 amide bonds. The van der Waals surface area contributed by atoms with E-state index in [0.29, 0.717) is 31.5 Å². The average Bonchev–Trinajstić information content (AvgIpc) is 2.46. The third-order valence-electron chi connectivity index (χ3n) is 4.18. The zero-order valence-electron chi connectivity index (χ0n) is 12.9. The van der Waals surface area contributed by atoms with E-state index in [4.69, 9.17) is 4.74 Å². The quantitative estimate of drug-likeness (QED) is 0.838. The highest BCUT2D eigenvalue weighted by atomic mass is 19.4. The van der Waals surface area contributed by atoms with E-state index >= 15 is 0 Å². The molecule has 0 aliphatic carbocycles. The van der Waals surface area contributed by atoms with Gasteiger partial charge in [-0.15, -0.1) is 0 Å². The SMILES string of the molecule is COc1cccc(C2CCN(CC(O)CC(F)(F)F)CC2)c1F. The Morgan fingerprint density at radius 2 is 1.96 bits per heavy atom. The normalized spacial score (nSPS) is 18.9. The second-order valence-corrected chi connectivity index (χ2v) is 5.91. The van der Waals surface area contributed by atoms with Gasteiger partial charge >= 0.3 is 6.18 Å². The summed E-state index contributed by atoms with van der Waals surface area (Å²) in [6, 6.07) is 5.01. The van der Waals surface area contributed by atoms with E-state index in [1.165, 1.54) is 7.11 Å². The largest absolute Gasteiger partial charge is 0.494 e. The molecular formula is C16H21F4NO2. The van der Waals surface area contributed by atoms with Crippen LogP contribution in [-0.4, -0.2) is 49.0 Å². The second-order valence-electron chi connectivity index (χ2n) is 5.91. The number of halogens is 4. The number of methoxy groups -OCH3 is 1. The number of ether oxygens (including phenoxy) is 1. The number of hydrogen-bond acceptors (Lipinski definition) is 3. The van der Waals surface area contributed by atoms with Crippen LogP contribution in [0.3, 0.4) is 0 Å². The monoisotopic (exact) mass is 335 g/mol. The summed E-state index contributed by atoms with van der Waals surface area (Å²) >= 11 is 0. The fourth-order valence-electron chi connectivity index (χ4n) is 3.06. The van der Waals surface area contributed by atoms with Gasteiger partial charge in [-0.1, -0.05) is 12.1 Å². The molecule has 0 radical (unpaired) electrons. The van der Waals surface area contributed by atoms with Crippen molar-refractivity contribution >= 4 is 0 Å². The van der Waals surface area contributed by atoms with Crippen LogP contribution in [0.4, 0.5) is 17.6 Å². The number of aliphatic hydroxyl groups excluding tert-OH is 1. The van der Waals surface area contributed by atoms with Gasteiger partial charge in [-0.3, -0.25) is 0 Å². The Kier molecular flexibility index (Phi) is 5.86. The van der Waals surface area contributed by atoms with Crippen molar-refractivity contribution in [2.45, 2.75) is 37.5 Å². The molecule has 3 nitrogen and oxygen atoms in total. The lowest BCUT2D eigenvalue weighted by atomic mass is 9.88. The molecular weight excluding hydrogens is 314 g/mol. The van der Waals surface area contributed by atoms with E-state index in [9.17, 15) is 22.7 Å². The van der Waals surface area contributed by atoms with Gasteiger partial charge in [-0.05, 0) is 43.5 Å². The number of aliphatic hydroxyl groups is 1. The van der Waals surface area contributed by atoms with Crippen LogP contribution < -0.4 is 4.74 Å². The van der Waals surface area contributed by atoms with Crippen molar-refractivity contribution in [3.63, 3.8) is 0 Å². The van der Waals surface area contributed by atoms with Crippen LogP contribution in [0.2, 0.25) is 0 Å². The number of piperidine rings is 1. The Morgan fingerprint density at radius 1 is 1.30 bits per heavy atom. The number of likely N-dealkylation sites (tertiary alicyclic amines) is 1. The summed E-state index contributed by atoms with van der Waals surface area (Å²) in [5.74, 6) is -0.155. The zero-order chi connectivity index (χ0) is 17.0. The maximum absolute atomic E-state index is 14.2. The Labute approximate surface area is 132 Å². The highest BCUT2D eigenvalue weighted by Gasteiger charge is 2.32. The Morgan fingerprint density at radius 3 is 2.52 bits per heavy atom. The van der Waals surface area contributed by atoms with Crippen molar-refractivity contribution in [2.75, 3.05) is 26.7 Å². The minimum Gasteiger partial charge on any atom is -0.494 e. The topological polar surface area (TPSA) is 32.7 Å². The first-order valence-electron chi connectivity index (χ1n) is 7.59. The van der Waals surface area contributed by atoms with E-state index in [0.717, 1.165) is 0 Å². The fourth-order valence-corrected chi connectivity index (χ4v) is 3.06. The minimum atomic E-state index is -4.36. The van der Waals surface area contributed by atoms with Crippen molar-refractivity contribution in [2.24, 2.45) is 0 Å². The lowest BCUT2D eigenvalue weighted by Gasteiger charge is -2.33. The Hall–Kier alpha value is -1.34. The molecule has 2 rings (SSSR count). The molecule has 130 valence electrons. The first kappa shape index (κ1) is 18.0. The van der Waals surface area contributed by atoms with Gasteiger partial charge in [0.1, 0.15) is 0 Å². The van der Waals surface area contributed by atoms with Gasteiger partial charge in [0.2, 0.25) is 0 Å². The first-order chi connectivity index (χ1) is 10.8. The van der Waals surface area contributed by atoms with Crippen LogP contribution in [0, 0.1) is 5.82 Å². The van der Waals surface area contributed by atoms with Crippen molar-refractivity contribution in [1.29, 1.82) is 0 Å². The van der Waals surface area contributed by atoms with Gasteiger partial charge in [0.05, 0.1) is 19.6 Å². The summed E-state index contributed by atoms with van der Waals surface area (Å²) in [6.07, 6.45) is -5.69. The van der Waals surface area contributed by atoms with Crippen LogP contribution in [-0.2, 0) is 0 Å². The van der Waals surface area contributed by atoms with E-state index in [-0.39, 0.29) is 24.0 Å². The molecule has 1 unspecified atom stereocenters. The number of benzene rings is 1. The van der Waals surface area contributed by atoms with Gasteiger partial charge in [-0.2, -0.15) is 13.2 Å². The van der Waals surface area contributed by atoms with Crippen LogP contribution in [0.15, 0.2) is 18.2 Å². The van der Waals surface area contributed by atoms with Crippen LogP contribution >= 0.6 is 0 Å². The average molecular weight is 335 g/mol. The molecule has 1 aliphatic heterocycles. The third kappa shape index (κ3) is 5.07. The van der Waals surface area contributed by atoms with Gasteiger partial charge in [0.25, 0.3) is 0 Å². The molecule has 1 atom stereocenters. The smallest absolute Gasteiger partial charge is 0.391 e. The molecule has 1 N–H and O–H groups in total. The van der Waals surface area contributed by atoms with E-state index in [1.807, 2.05) is 0 Å². The summed E-state index contributed by atoms with van der Waals surface area (Å²) in [7, 11) is 1.41. The summed E-state index contributed by atoms with van der Waals surface area (Å²) in [6.45, 7) is 1.07. The van der Waals surface area contributed by atoms with Gasteiger partial charge < -0.3 is 14.7 Å². The highest BCUT2D eigenvalue weighted by molar-refractivity contribution is 5.33. The number of rotatable bonds is 5. The van der Waals surface area contributed by atoms with Crippen LogP contribution in [0.25, 0.3) is 0 Å². The Balaban J connectivity index is 1.89. The predicted octanol–water partition coefficient (Wildman–Crippen LogP) is 3.33. The Bertz CT molecular complexity index is 513.